The minimum absolute atomic E-state index is 0.00519. The quantitative estimate of drug-likeness (QED) is 0.0955. The third-order valence-corrected chi connectivity index (χ3v) is 15.1. The van der Waals surface area contributed by atoms with E-state index in [-0.39, 0.29) is 53.3 Å². The minimum atomic E-state index is -0.648. The van der Waals surface area contributed by atoms with Crippen molar-refractivity contribution >= 4 is 58.7 Å². The summed E-state index contributed by atoms with van der Waals surface area (Å²) in [6.07, 6.45) is 15.0. The number of aromatic nitrogens is 2. The second kappa shape index (κ2) is 22.1. The molecule has 3 atom stereocenters. The van der Waals surface area contributed by atoms with Crippen LogP contribution in [0.3, 0.4) is 0 Å². The Balaban J connectivity index is 0.671. The van der Waals surface area contributed by atoms with Crippen LogP contribution in [0.25, 0.3) is 0 Å². The van der Waals surface area contributed by atoms with Gasteiger partial charge in [0, 0.05) is 98.7 Å². The summed E-state index contributed by atoms with van der Waals surface area (Å²) in [5.41, 5.74) is 9.17. The smallest absolute Gasteiger partial charge is 0.255 e. The van der Waals surface area contributed by atoms with Gasteiger partial charge in [-0.1, -0.05) is 62.1 Å². The Morgan fingerprint density at radius 3 is 2.39 bits per heavy atom. The molecule has 8 rings (SSSR count). The van der Waals surface area contributed by atoms with Gasteiger partial charge in [-0.25, -0.2) is 9.97 Å². The van der Waals surface area contributed by atoms with E-state index in [4.69, 9.17) is 5.73 Å². The lowest BCUT2D eigenvalue weighted by atomic mass is 9.91. The first-order valence-corrected chi connectivity index (χ1v) is 25.2. The molecule has 0 spiro atoms. The number of benzene rings is 2. The second-order valence-electron chi connectivity index (χ2n) is 19.3. The van der Waals surface area contributed by atoms with Crippen LogP contribution in [0.2, 0.25) is 0 Å². The summed E-state index contributed by atoms with van der Waals surface area (Å²) in [7, 11) is 0. The fourth-order valence-electron chi connectivity index (χ4n) is 10.1. The molecule has 5 aliphatic rings. The maximum absolute atomic E-state index is 13.8. The normalized spacial score (nSPS) is 21.9. The van der Waals surface area contributed by atoms with Gasteiger partial charge in [0.05, 0.1) is 12.4 Å². The van der Waals surface area contributed by atoms with Gasteiger partial charge in [0.15, 0.2) is 0 Å². The zero-order chi connectivity index (χ0) is 46.9. The van der Waals surface area contributed by atoms with Crippen LogP contribution in [-0.2, 0) is 37.1 Å². The first-order valence-electron chi connectivity index (χ1n) is 24.4. The number of nitrogens with zero attached hydrogens (tertiary/aromatic N) is 6. The number of piperidine rings is 2. The van der Waals surface area contributed by atoms with Crippen molar-refractivity contribution in [2.45, 2.75) is 131 Å². The number of fused-ring (bicyclic) bond motifs is 1. The molecule has 0 bridgehead atoms. The Morgan fingerprint density at radius 1 is 0.866 bits per heavy atom. The number of carbonyl (C=O) groups is 6. The van der Waals surface area contributed by atoms with E-state index in [1.165, 1.54) is 16.7 Å². The third kappa shape index (κ3) is 12.6. The number of amides is 6. The fraction of sp³-hybridized carbons (Fsp3) is 0.560. The molecule has 358 valence electrons. The summed E-state index contributed by atoms with van der Waals surface area (Å²) in [5.74, 6) is -0.685. The molecule has 67 heavy (non-hydrogen) atoms. The van der Waals surface area contributed by atoms with Gasteiger partial charge in [-0.05, 0) is 93.8 Å². The maximum atomic E-state index is 13.8. The first-order chi connectivity index (χ1) is 32.4. The lowest BCUT2D eigenvalue weighted by Gasteiger charge is -2.37. The molecule has 4 aliphatic heterocycles. The minimum Gasteiger partial charge on any atom is -0.355 e. The van der Waals surface area contributed by atoms with Gasteiger partial charge in [0.1, 0.15) is 16.9 Å². The van der Waals surface area contributed by atoms with Crippen LogP contribution in [0.15, 0.2) is 64.8 Å². The second-order valence-corrected chi connectivity index (χ2v) is 20.4. The lowest BCUT2D eigenvalue weighted by molar-refractivity contribution is -0.141. The molecule has 1 aromatic heterocycles. The molecule has 3 saturated heterocycles. The molecular formula is C50H66N10O6S. The molecule has 4 fully saturated rings. The van der Waals surface area contributed by atoms with E-state index < -0.39 is 11.9 Å². The maximum Gasteiger partial charge on any atom is 0.255 e. The number of unbranched alkanes of at least 4 members (excludes halogenated alkanes) is 5. The van der Waals surface area contributed by atoms with Gasteiger partial charge in [-0.3, -0.25) is 39.0 Å². The van der Waals surface area contributed by atoms with Crippen LogP contribution < -0.4 is 26.6 Å². The summed E-state index contributed by atoms with van der Waals surface area (Å²) >= 11 is 1.50. The highest BCUT2D eigenvalue weighted by Gasteiger charge is 2.41. The summed E-state index contributed by atoms with van der Waals surface area (Å²) in [5, 5.41) is 9.22. The number of rotatable bonds is 18. The number of nitrogens with two attached hydrogens (primary N) is 1. The molecular weight excluding hydrogens is 869 g/mol. The molecule has 1 aliphatic carbocycles. The highest BCUT2D eigenvalue weighted by atomic mass is 32.2. The van der Waals surface area contributed by atoms with Crippen LogP contribution in [0.5, 0.6) is 0 Å². The van der Waals surface area contributed by atoms with Crippen molar-refractivity contribution in [3.05, 3.63) is 71.5 Å². The summed E-state index contributed by atoms with van der Waals surface area (Å²) in [6.45, 7) is 8.59. The average Bonchev–Trinajstić information content (AvgIpc) is 3.94. The SMILES string of the molecule is CC1(N)CCN(c2cnc(Sc3cccc(NC(=O)[C@H]4CCC[C@@H]4C(=O)N4CCN(CCCCCCCCC(=O)NCc5ccc6c(c5)CN(C5CCC(=O)NC5=O)C6=O)CC4)c3)cn2)CC1. The molecule has 1 saturated carbocycles. The Hall–Kier alpha value is -5.39. The van der Waals surface area contributed by atoms with Crippen molar-refractivity contribution in [1.29, 1.82) is 0 Å². The molecule has 17 heteroatoms. The molecule has 5 heterocycles. The highest BCUT2D eigenvalue weighted by molar-refractivity contribution is 7.99. The lowest BCUT2D eigenvalue weighted by Crippen LogP contribution is -2.52. The summed E-state index contributed by atoms with van der Waals surface area (Å²) in [6, 6.07) is 12.6. The Kier molecular flexibility index (Phi) is 15.9. The number of piperazine rings is 1. The Bertz CT molecular complexity index is 2270. The standard InChI is InChI=1S/C50H66N10O6S/c1-50(51)19-22-58(23-20-50)42-31-54-45(32-52-42)67-37-11-8-10-36(29-37)55-46(63)39-12-9-13-40(39)48(65)59-26-24-57(25-27-59)21-7-5-3-2-4-6-14-43(61)53-30-34-15-16-38-35(28-34)33-60(49(38)66)41-17-18-44(62)56-47(41)64/h8,10-11,15-16,28-29,31-32,39-41H,2-7,9,12-14,17-27,30,33,51H2,1H3,(H,53,61)(H,55,63)(H,56,62,64)/t39-,40-,41?/m0/s1. The first kappa shape index (κ1) is 48.1. The van der Waals surface area contributed by atoms with Gasteiger partial charge in [0.2, 0.25) is 29.5 Å². The number of imide groups is 1. The van der Waals surface area contributed by atoms with Crippen LogP contribution in [-0.4, -0.2) is 118 Å². The van der Waals surface area contributed by atoms with E-state index in [1.54, 1.807) is 12.3 Å². The number of carbonyl (C=O) groups excluding carboxylic acids is 6. The molecule has 0 radical (unpaired) electrons. The van der Waals surface area contributed by atoms with Crippen molar-refractivity contribution in [1.82, 2.24) is 35.3 Å². The molecule has 16 nitrogen and oxygen atoms in total. The van der Waals surface area contributed by atoms with Crippen molar-refractivity contribution in [3.8, 4) is 0 Å². The Morgan fingerprint density at radius 2 is 1.63 bits per heavy atom. The van der Waals surface area contributed by atoms with Gasteiger partial charge >= 0.3 is 0 Å². The molecule has 1 unspecified atom stereocenters. The summed E-state index contributed by atoms with van der Waals surface area (Å²) in [4.78, 5) is 95.3. The zero-order valence-electron chi connectivity index (χ0n) is 38.8. The predicted octanol–water partition coefficient (Wildman–Crippen LogP) is 5.25. The van der Waals surface area contributed by atoms with Crippen molar-refractivity contribution in [2.75, 3.05) is 56.0 Å². The monoisotopic (exact) mass is 934 g/mol. The highest BCUT2D eigenvalue weighted by Crippen LogP contribution is 2.36. The van der Waals surface area contributed by atoms with Crippen LogP contribution in [0.4, 0.5) is 11.5 Å². The topological polar surface area (TPSA) is 203 Å². The number of hydrogen-bond donors (Lipinski definition) is 4. The fourth-order valence-corrected chi connectivity index (χ4v) is 10.9. The summed E-state index contributed by atoms with van der Waals surface area (Å²) < 4.78 is 0. The molecule has 3 aromatic rings. The number of hydrogen-bond acceptors (Lipinski definition) is 12. The Labute approximate surface area is 397 Å². The van der Waals surface area contributed by atoms with Crippen LogP contribution in [0, 0.1) is 11.8 Å². The van der Waals surface area contributed by atoms with Crippen LogP contribution >= 0.6 is 11.8 Å². The number of anilines is 2. The largest absolute Gasteiger partial charge is 0.355 e. The van der Waals surface area contributed by atoms with Gasteiger partial charge in [-0.15, -0.1) is 0 Å². The molecule has 6 amide bonds. The number of nitrogens with one attached hydrogen (secondary N) is 3. The molecule has 5 N–H and O–H groups in total. The van der Waals surface area contributed by atoms with E-state index in [0.29, 0.717) is 56.7 Å². The van der Waals surface area contributed by atoms with Crippen LogP contribution in [0.1, 0.15) is 118 Å². The van der Waals surface area contributed by atoms with E-state index in [2.05, 4.69) is 42.6 Å². The predicted molar refractivity (Wildman–Crippen MR) is 256 cm³/mol. The zero-order valence-corrected chi connectivity index (χ0v) is 39.6. The van der Waals surface area contributed by atoms with E-state index in [0.717, 1.165) is 124 Å². The van der Waals surface area contributed by atoms with Crippen molar-refractivity contribution < 1.29 is 28.8 Å². The van der Waals surface area contributed by atoms with Gasteiger partial charge in [-0.2, -0.15) is 0 Å². The van der Waals surface area contributed by atoms with Crippen molar-refractivity contribution in [2.24, 2.45) is 17.6 Å². The van der Waals surface area contributed by atoms with E-state index >= 15 is 0 Å². The van der Waals surface area contributed by atoms with Gasteiger partial charge in [0.25, 0.3) is 5.91 Å². The third-order valence-electron chi connectivity index (χ3n) is 14.2. The van der Waals surface area contributed by atoms with Crippen molar-refractivity contribution in [3.63, 3.8) is 0 Å². The van der Waals surface area contributed by atoms with E-state index in [9.17, 15) is 28.8 Å². The average molecular weight is 935 g/mol. The van der Waals surface area contributed by atoms with Gasteiger partial charge < -0.3 is 31.1 Å². The van der Waals surface area contributed by atoms with E-state index in [1.807, 2.05) is 47.5 Å². The molecule has 2 aromatic carbocycles.